The zero-order chi connectivity index (χ0) is 57.7. The topological polar surface area (TPSA) is 59.1 Å². The zero-order valence-corrected chi connectivity index (χ0v) is 55.1. The summed E-state index contributed by atoms with van der Waals surface area (Å²) in [6.07, 6.45) is 54.2. The molecule has 0 aliphatic heterocycles. The molecule has 0 fully saturated rings. The summed E-state index contributed by atoms with van der Waals surface area (Å²) in [6.45, 7) is 38.5. The highest BCUT2D eigenvalue weighted by Crippen LogP contribution is 2.25. The highest BCUT2D eigenvalue weighted by Gasteiger charge is 2.20. The molecule has 0 saturated heterocycles. The van der Waals surface area contributed by atoms with Crippen LogP contribution in [0.3, 0.4) is 0 Å². The Balaban J connectivity index is -0.00000447. The Morgan fingerprint density at radius 1 is 0.364 bits per heavy atom. The lowest BCUT2D eigenvalue weighted by atomic mass is 9.93. The van der Waals surface area contributed by atoms with E-state index in [1.807, 2.05) is 13.8 Å². The van der Waals surface area contributed by atoms with Crippen molar-refractivity contribution in [2.45, 2.75) is 372 Å². The van der Waals surface area contributed by atoms with Crippen LogP contribution in [0, 0.1) is 17.8 Å². The van der Waals surface area contributed by atoms with E-state index in [1.165, 1.54) is 256 Å². The quantitative estimate of drug-likeness (QED) is 0.0344. The molecule has 6 nitrogen and oxygen atoms in total. The number of hydrogen-bond acceptors (Lipinski definition) is 6. The number of hydrogen-bond donors (Lipinski definition) is 0. The summed E-state index contributed by atoms with van der Waals surface area (Å²) in [4.78, 5) is 30.8. The first-order valence-corrected chi connectivity index (χ1v) is 35.1. The molecule has 77 heavy (non-hydrogen) atoms. The number of nitrogens with zero attached hydrogens (tertiary/aromatic N) is 2. The smallest absolute Gasteiger partial charge is 0.305 e. The summed E-state index contributed by atoms with van der Waals surface area (Å²) in [6, 6.07) is 0.630. The van der Waals surface area contributed by atoms with E-state index in [1.54, 1.807) is 0 Å². The third-order valence-electron chi connectivity index (χ3n) is 16.6. The lowest BCUT2D eigenvalue weighted by molar-refractivity contribution is -0.146. The molecule has 0 aromatic heterocycles. The second-order valence-corrected chi connectivity index (χ2v) is 23.7. The van der Waals surface area contributed by atoms with Gasteiger partial charge in [-0.3, -0.25) is 9.59 Å². The van der Waals surface area contributed by atoms with Crippen molar-refractivity contribution in [2.24, 2.45) is 17.8 Å². The van der Waals surface area contributed by atoms with Gasteiger partial charge >= 0.3 is 11.9 Å². The van der Waals surface area contributed by atoms with Crippen LogP contribution in [-0.4, -0.2) is 73.7 Å². The fourth-order valence-corrected chi connectivity index (χ4v) is 10.9. The van der Waals surface area contributed by atoms with Gasteiger partial charge in [-0.25, -0.2) is 0 Å². The molecule has 0 N–H and O–H groups in total. The van der Waals surface area contributed by atoms with Crippen LogP contribution in [0.25, 0.3) is 0 Å². The van der Waals surface area contributed by atoms with E-state index in [9.17, 15) is 9.59 Å². The standard InChI is InChI=1S/C60H118N2O4.C9H20.C2H6/c1-10-17-22-32-42-56(40-20-13-4)52-65-59(63)46-36-30-26-24-28-34-44-58(62(50-38-49-61(15-6)16-7)51-48-55(9)54(8)39-19-12-3)45-35-29-25-27-31-37-47-60(64)66-53-57(41-21-14-5)43-33-23-18-11-2;1-3-5-7-9-8-6-4-2;1-2/h54,56-58H,9-53H2,1-8H3;3-9H2,1-2H3;1-2H3. The van der Waals surface area contributed by atoms with E-state index >= 15 is 0 Å². The molecule has 0 heterocycles. The Hall–Kier alpha value is -1.40. The highest BCUT2D eigenvalue weighted by molar-refractivity contribution is 5.69. The van der Waals surface area contributed by atoms with Gasteiger partial charge in [0.15, 0.2) is 0 Å². The van der Waals surface area contributed by atoms with Crippen molar-refractivity contribution < 1.29 is 19.1 Å². The molecule has 6 heteroatoms. The van der Waals surface area contributed by atoms with E-state index in [0.717, 1.165) is 51.7 Å². The van der Waals surface area contributed by atoms with Gasteiger partial charge in [0.2, 0.25) is 0 Å². The average Bonchev–Trinajstić information content (AvgIpc) is 3.44. The summed E-state index contributed by atoms with van der Waals surface area (Å²) >= 11 is 0. The van der Waals surface area contributed by atoms with Crippen LogP contribution < -0.4 is 0 Å². The fourth-order valence-electron chi connectivity index (χ4n) is 10.9. The van der Waals surface area contributed by atoms with Gasteiger partial charge in [0.1, 0.15) is 0 Å². The van der Waals surface area contributed by atoms with Crippen molar-refractivity contribution in [1.29, 1.82) is 0 Å². The number of unbranched alkanes of at least 4 members (excludes halogenated alkanes) is 25. The summed E-state index contributed by atoms with van der Waals surface area (Å²) < 4.78 is 11.6. The van der Waals surface area contributed by atoms with Crippen LogP contribution in [0.1, 0.15) is 366 Å². The van der Waals surface area contributed by atoms with Crippen LogP contribution >= 0.6 is 0 Å². The monoisotopic (exact) mass is 1090 g/mol. The fraction of sp³-hybridized carbons (Fsp3) is 0.944. The van der Waals surface area contributed by atoms with Gasteiger partial charge in [-0.2, -0.15) is 0 Å². The molecular weight excluding hydrogens is 945 g/mol. The van der Waals surface area contributed by atoms with E-state index in [0.29, 0.717) is 49.9 Å². The van der Waals surface area contributed by atoms with Crippen LogP contribution in [0.4, 0.5) is 0 Å². The van der Waals surface area contributed by atoms with E-state index < -0.39 is 0 Å². The molecule has 3 atom stereocenters. The molecule has 0 radical (unpaired) electrons. The van der Waals surface area contributed by atoms with Crippen molar-refractivity contribution in [3.63, 3.8) is 0 Å². The largest absolute Gasteiger partial charge is 0.465 e. The predicted molar refractivity (Wildman–Crippen MR) is 345 cm³/mol. The number of ether oxygens (including phenoxy) is 2. The molecule has 0 aromatic carbocycles. The Bertz CT molecular complexity index is 1110. The molecule has 0 aliphatic rings. The molecule has 0 saturated carbocycles. The Morgan fingerprint density at radius 3 is 1.08 bits per heavy atom. The SMILES string of the molecule is C=C(CCN(CCCN(CC)CC)C(CCCCCCCCC(=O)OCC(CCCC)CCCCCC)CCCCCCCCC(=O)OCC(CCCC)CCCCCC)C(C)CCCC.CC.CCCCCCCCC. The average molecular weight is 1090 g/mol. The van der Waals surface area contributed by atoms with Crippen molar-refractivity contribution >= 4 is 11.9 Å². The number of carbonyl (C=O) groups is 2. The molecule has 462 valence electrons. The minimum absolute atomic E-state index is 0.0194. The summed E-state index contributed by atoms with van der Waals surface area (Å²) in [5.74, 6) is 1.73. The number of esters is 2. The zero-order valence-electron chi connectivity index (χ0n) is 55.1. The Labute approximate surface area is 486 Å². The number of carbonyl (C=O) groups excluding carboxylic acids is 2. The van der Waals surface area contributed by atoms with Crippen LogP contribution in [0.5, 0.6) is 0 Å². The highest BCUT2D eigenvalue weighted by atomic mass is 16.5. The molecule has 0 aliphatic carbocycles. The van der Waals surface area contributed by atoms with Crippen molar-refractivity contribution in [2.75, 3.05) is 45.9 Å². The van der Waals surface area contributed by atoms with Gasteiger partial charge in [-0.1, -0.05) is 294 Å². The van der Waals surface area contributed by atoms with Crippen LogP contribution in [0.2, 0.25) is 0 Å². The molecular formula is C71H144N2O4. The molecule has 0 amide bonds. The summed E-state index contributed by atoms with van der Waals surface area (Å²) in [5, 5.41) is 0. The first-order valence-electron chi connectivity index (χ1n) is 35.1. The first-order chi connectivity index (χ1) is 37.6. The maximum absolute atomic E-state index is 12.6. The van der Waals surface area contributed by atoms with Crippen LogP contribution in [0.15, 0.2) is 12.2 Å². The van der Waals surface area contributed by atoms with Crippen molar-refractivity contribution in [3.05, 3.63) is 12.2 Å². The van der Waals surface area contributed by atoms with Gasteiger partial charge < -0.3 is 19.3 Å². The van der Waals surface area contributed by atoms with Gasteiger partial charge in [0.05, 0.1) is 13.2 Å². The van der Waals surface area contributed by atoms with Gasteiger partial charge in [0, 0.05) is 25.4 Å². The molecule has 0 bridgehead atoms. The second kappa shape index (κ2) is 65.4. The third kappa shape index (κ3) is 56.3. The predicted octanol–water partition coefficient (Wildman–Crippen LogP) is 22.8. The van der Waals surface area contributed by atoms with Gasteiger partial charge in [-0.05, 0) is 115 Å². The van der Waals surface area contributed by atoms with Gasteiger partial charge in [0.25, 0.3) is 0 Å². The molecule has 3 unspecified atom stereocenters. The Morgan fingerprint density at radius 2 is 0.688 bits per heavy atom. The third-order valence-corrected chi connectivity index (χ3v) is 16.6. The molecule has 0 aromatic rings. The van der Waals surface area contributed by atoms with Crippen LogP contribution in [-0.2, 0) is 19.1 Å². The van der Waals surface area contributed by atoms with Crippen molar-refractivity contribution in [3.8, 4) is 0 Å². The van der Waals surface area contributed by atoms with Gasteiger partial charge in [-0.15, -0.1) is 0 Å². The lowest BCUT2D eigenvalue weighted by Gasteiger charge is -2.34. The lowest BCUT2D eigenvalue weighted by Crippen LogP contribution is -2.39. The maximum atomic E-state index is 12.6. The summed E-state index contributed by atoms with van der Waals surface area (Å²) in [5.41, 5.74) is 1.45. The number of rotatable bonds is 58. The van der Waals surface area contributed by atoms with E-state index in [2.05, 4.69) is 85.6 Å². The van der Waals surface area contributed by atoms with Crippen molar-refractivity contribution in [1.82, 2.24) is 9.80 Å². The van der Waals surface area contributed by atoms with E-state index in [-0.39, 0.29) is 11.9 Å². The molecule has 0 spiro atoms. The normalized spacial score (nSPS) is 12.9. The summed E-state index contributed by atoms with van der Waals surface area (Å²) in [7, 11) is 0. The minimum atomic E-state index is 0.0194. The maximum Gasteiger partial charge on any atom is 0.305 e. The van der Waals surface area contributed by atoms with E-state index in [4.69, 9.17) is 9.47 Å². The second-order valence-electron chi connectivity index (χ2n) is 23.7. The minimum Gasteiger partial charge on any atom is -0.465 e. The molecule has 0 rings (SSSR count). The first kappa shape index (κ1) is 79.8. The Kier molecular flexibility index (Phi) is 67.8.